The summed E-state index contributed by atoms with van der Waals surface area (Å²) in [5.41, 5.74) is 5.29. The van der Waals surface area contributed by atoms with Gasteiger partial charge < -0.3 is 15.9 Å². The molecule has 1 aromatic rings. The standard InChI is InChI=1S/C10H9ClN2O3/c11-7-3-5(1-2-6(7)4-12)8(14)9(15)10(13)16/h1-3,8-9,14-15H,(H2,13,16). The molecule has 0 aliphatic heterocycles. The Hall–Kier alpha value is -1.61. The first-order valence-corrected chi connectivity index (χ1v) is 4.70. The number of nitrogens with zero attached hydrogens (tertiary/aromatic N) is 1. The summed E-state index contributed by atoms with van der Waals surface area (Å²) in [6, 6.07) is 5.92. The van der Waals surface area contributed by atoms with Gasteiger partial charge >= 0.3 is 0 Å². The molecule has 0 heterocycles. The SMILES string of the molecule is N#Cc1ccc(C(O)C(O)C(N)=O)cc1Cl. The van der Waals surface area contributed by atoms with Crippen molar-refractivity contribution in [2.24, 2.45) is 5.73 Å². The van der Waals surface area contributed by atoms with E-state index in [1.807, 2.05) is 6.07 Å². The lowest BCUT2D eigenvalue weighted by Gasteiger charge is -2.15. The van der Waals surface area contributed by atoms with Crippen molar-refractivity contribution >= 4 is 17.5 Å². The van der Waals surface area contributed by atoms with Gasteiger partial charge in [-0.05, 0) is 17.7 Å². The highest BCUT2D eigenvalue weighted by Crippen LogP contribution is 2.23. The van der Waals surface area contributed by atoms with Crippen LogP contribution >= 0.6 is 11.6 Å². The second kappa shape index (κ2) is 4.94. The van der Waals surface area contributed by atoms with Crippen LogP contribution in [-0.2, 0) is 4.79 Å². The van der Waals surface area contributed by atoms with E-state index in [0.717, 1.165) is 0 Å². The lowest BCUT2D eigenvalue weighted by Crippen LogP contribution is -2.33. The summed E-state index contributed by atoms with van der Waals surface area (Å²) >= 11 is 5.73. The molecular weight excluding hydrogens is 232 g/mol. The van der Waals surface area contributed by atoms with E-state index in [0.29, 0.717) is 0 Å². The van der Waals surface area contributed by atoms with Gasteiger partial charge in [-0.3, -0.25) is 4.79 Å². The zero-order chi connectivity index (χ0) is 12.3. The van der Waals surface area contributed by atoms with Gasteiger partial charge in [-0.25, -0.2) is 0 Å². The van der Waals surface area contributed by atoms with Gasteiger partial charge in [0.05, 0.1) is 10.6 Å². The molecule has 2 unspecified atom stereocenters. The predicted molar refractivity (Wildman–Crippen MR) is 56.3 cm³/mol. The number of primary amides is 1. The van der Waals surface area contributed by atoms with Crippen molar-refractivity contribution in [2.45, 2.75) is 12.2 Å². The van der Waals surface area contributed by atoms with Crippen LogP contribution in [0.4, 0.5) is 0 Å². The number of nitrogens with two attached hydrogens (primary N) is 1. The van der Waals surface area contributed by atoms with Crippen LogP contribution in [-0.4, -0.2) is 22.2 Å². The zero-order valence-corrected chi connectivity index (χ0v) is 8.85. The molecule has 0 radical (unpaired) electrons. The van der Waals surface area contributed by atoms with Crippen molar-refractivity contribution < 1.29 is 15.0 Å². The number of aliphatic hydroxyl groups is 2. The molecule has 4 N–H and O–H groups in total. The Morgan fingerprint density at radius 1 is 1.50 bits per heavy atom. The number of aliphatic hydroxyl groups excluding tert-OH is 2. The second-order valence-electron chi connectivity index (χ2n) is 3.14. The van der Waals surface area contributed by atoms with Crippen molar-refractivity contribution in [1.29, 1.82) is 5.26 Å². The van der Waals surface area contributed by atoms with Crippen LogP contribution < -0.4 is 5.73 Å². The Morgan fingerprint density at radius 2 is 2.12 bits per heavy atom. The van der Waals surface area contributed by atoms with Gasteiger partial charge in [0.25, 0.3) is 0 Å². The predicted octanol–water partition coefficient (Wildman–Crippen LogP) is 0.0913. The largest absolute Gasteiger partial charge is 0.385 e. The van der Waals surface area contributed by atoms with Crippen molar-refractivity contribution in [1.82, 2.24) is 0 Å². The van der Waals surface area contributed by atoms with Crippen LogP contribution in [0.1, 0.15) is 17.2 Å². The normalized spacial score (nSPS) is 13.9. The van der Waals surface area contributed by atoms with Crippen molar-refractivity contribution in [3.8, 4) is 6.07 Å². The summed E-state index contributed by atoms with van der Waals surface area (Å²) < 4.78 is 0. The van der Waals surface area contributed by atoms with Gasteiger partial charge in [0.15, 0.2) is 6.10 Å². The summed E-state index contributed by atoms with van der Waals surface area (Å²) in [5.74, 6) is -1.03. The molecule has 0 spiro atoms. The molecule has 0 aliphatic carbocycles. The molecule has 0 bridgehead atoms. The Labute approximate surface area is 96.7 Å². The summed E-state index contributed by atoms with van der Waals surface area (Å²) in [4.78, 5) is 10.6. The quantitative estimate of drug-likeness (QED) is 0.696. The molecule has 0 saturated carbocycles. The van der Waals surface area contributed by atoms with E-state index >= 15 is 0 Å². The fourth-order valence-electron chi connectivity index (χ4n) is 1.14. The number of rotatable bonds is 3. The summed E-state index contributed by atoms with van der Waals surface area (Å²) in [5, 5.41) is 27.5. The summed E-state index contributed by atoms with van der Waals surface area (Å²) in [6.45, 7) is 0. The first kappa shape index (κ1) is 12.5. The molecule has 16 heavy (non-hydrogen) atoms. The molecule has 1 amide bonds. The van der Waals surface area contributed by atoms with E-state index in [-0.39, 0.29) is 16.1 Å². The molecule has 84 valence electrons. The lowest BCUT2D eigenvalue weighted by molar-refractivity contribution is -0.131. The van der Waals surface area contributed by atoms with Gasteiger partial charge in [-0.15, -0.1) is 0 Å². The molecule has 0 saturated heterocycles. The van der Waals surface area contributed by atoms with E-state index < -0.39 is 18.1 Å². The second-order valence-corrected chi connectivity index (χ2v) is 3.55. The minimum Gasteiger partial charge on any atom is -0.385 e. The molecular formula is C10H9ClN2O3. The van der Waals surface area contributed by atoms with Gasteiger partial charge in [0.2, 0.25) is 5.91 Å². The fraction of sp³-hybridized carbons (Fsp3) is 0.200. The molecule has 6 heteroatoms. The maximum absolute atomic E-state index is 10.6. The highest BCUT2D eigenvalue weighted by Gasteiger charge is 2.23. The number of carbonyl (C=O) groups is 1. The van der Waals surface area contributed by atoms with Crippen molar-refractivity contribution in [2.75, 3.05) is 0 Å². The van der Waals surface area contributed by atoms with Gasteiger partial charge in [-0.2, -0.15) is 5.26 Å². The Balaban J connectivity index is 3.02. The Kier molecular flexibility index (Phi) is 3.85. The maximum Gasteiger partial charge on any atom is 0.249 e. The smallest absolute Gasteiger partial charge is 0.249 e. The Morgan fingerprint density at radius 3 is 2.56 bits per heavy atom. The van der Waals surface area contributed by atoms with Gasteiger partial charge in [0.1, 0.15) is 12.2 Å². The third-order valence-corrected chi connectivity index (χ3v) is 2.36. The topological polar surface area (TPSA) is 107 Å². The number of amides is 1. The number of halogens is 1. The molecule has 2 atom stereocenters. The minimum atomic E-state index is -1.70. The number of hydrogen-bond acceptors (Lipinski definition) is 4. The third-order valence-electron chi connectivity index (χ3n) is 2.05. The molecule has 1 rings (SSSR count). The first-order chi connectivity index (χ1) is 7.47. The first-order valence-electron chi connectivity index (χ1n) is 4.32. The third kappa shape index (κ3) is 2.49. The van der Waals surface area contributed by atoms with Crippen molar-refractivity contribution in [3.05, 3.63) is 34.3 Å². The van der Waals surface area contributed by atoms with Crippen molar-refractivity contribution in [3.63, 3.8) is 0 Å². The maximum atomic E-state index is 10.6. The number of carbonyl (C=O) groups excluding carboxylic acids is 1. The van der Waals surface area contributed by atoms with E-state index in [1.54, 1.807) is 0 Å². The molecule has 5 nitrogen and oxygen atoms in total. The number of hydrogen-bond donors (Lipinski definition) is 3. The zero-order valence-electron chi connectivity index (χ0n) is 8.09. The summed E-state index contributed by atoms with van der Waals surface area (Å²) in [6.07, 6.45) is -3.16. The van der Waals surface area contributed by atoms with Gasteiger partial charge in [-0.1, -0.05) is 17.7 Å². The van der Waals surface area contributed by atoms with E-state index in [2.05, 4.69) is 0 Å². The van der Waals surface area contributed by atoms with E-state index in [1.165, 1.54) is 18.2 Å². The minimum absolute atomic E-state index is 0.135. The van der Waals surface area contributed by atoms with Crippen LogP contribution in [0.2, 0.25) is 5.02 Å². The van der Waals surface area contributed by atoms with Gasteiger partial charge in [0, 0.05) is 0 Å². The fourth-order valence-corrected chi connectivity index (χ4v) is 1.38. The summed E-state index contributed by atoms with van der Waals surface area (Å²) in [7, 11) is 0. The number of nitriles is 1. The number of benzene rings is 1. The molecule has 0 fully saturated rings. The monoisotopic (exact) mass is 240 g/mol. The highest BCUT2D eigenvalue weighted by atomic mass is 35.5. The average molecular weight is 241 g/mol. The molecule has 1 aromatic carbocycles. The Bertz CT molecular complexity index is 456. The molecule has 0 aliphatic rings. The lowest BCUT2D eigenvalue weighted by atomic mass is 10.0. The highest BCUT2D eigenvalue weighted by molar-refractivity contribution is 6.31. The van der Waals surface area contributed by atoms with Crippen LogP contribution in [0.15, 0.2) is 18.2 Å². The molecule has 0 aromatic heterocycles. The average Bonchev–Trinajstić information content (AvgIpc) is 2.26. The van der Waals surface area contributed by atoms with Crippen LogP contribution in [0, 0.1) is 11.3 Å². The van der Waals surface area contributed by atoms with E-state index in [4.69, 9.17) is 22.6 Å². The van der Waals surface area contributed by atoms with Crippen LogP contribution in [0.25, 0.3) is 0 Å². The van der Waals surface area contributed by atoms with E-state index in [9.17, 15) is 15.0 Å². The van der Waals surface area contributed by atoms with Crippen LogP contribution in [0.3, 0.4) is 0 Å². The van der Waals surface area contributed by atoms with Crippen LogP contribution in [0.5, 0.6) is 0 Å².